The van der Waals surface area contributed by atoms with Crippen molar-refractivity contribution in [2.24, 2.45) is 0 Å². The maximum Gasteiger partial charge on any atom is 0.143 e. The summed E-state index contributed by atoms with van der Waals surface area (Å²) in [5.74, 6) is -0.116. The number of rotatable bonds is 9. The minimum absolute atomic E-state index is 0.00517. The molecule has 0 fully saturated rings. The van der Waals surface area contributed by atoms with Gasteiger partial charge in [0.1, 0.15) is 11.6 Å². The van der Waals surface area contributed by atoms with Gasteiger partial charge in [-0.05, 0) is 38.6 Å². The van der Waals surface area contributed by atoms with E-state index >= 15 is 0 Å². The number of unbranched alkanes of at least 4 members (excludes halogenated alkanes) is 3. The molecule has 0 aliphatic heterocycles. The molecule has 1 aromatic rings. The summed E-state index contributed by atoms with van der Waals surface area (Å²) in [6, 6.07) is 4.21. The number of hydrogen-bond acceptors (Lipinski definition) is 3. The molecule has 0 unspecified atom stereocenters. The average Bonchev–Trinajstić information content (AvgIpc) is 2.38. The fourth-order valence-corrected chi connectivity index (χ4v) is 1.83. The van der Waals surface area contributed by atoms with E-state index in [1.54, 1.807) is 6.07 Å². The van der Waals surface area contributed by atoms with Crippen LogP contribution in [-0.4, -0.2) is 20.2 Å². The van der Waals surface area contributed by atoms with Crippen LogP contribution in [0, 0.1) is 5.82 Å². The van der Waals surface area contributed by atoms with Crippen molar-refractivity contribution in [1.29, 1.82) is 0 Å². The van der Waals surface area contributed by atoms with Crippen LogP contribution >= 0.6 is 12.1 Å². The van der Waals surface area contributed by atoms with Gasteiger partial charge in [-0.25, -0.2) is 4.39 Å². The Hall–Kier alpha value is -0.810. The molecule has 2 nitrogen and oxygen atoms in total. The Morgan fingerprint density at radius 3 is 2.67 bits per heavy atom. The number of halogens is 2. The van der Waals surface area contributed by atoms with E-state index in [0.29, 0.717) is 12.4 Å². The van der Waals surface area contributed by atoms with Crippen LogP contribution in [0.25, 0.3) is 0 Å². The summed E-state index contributed by atoms with van der Waals surface area (Å²) in [6.45, 7) is 1.61. The fraction of sp³-hybridized carbons (Fsp3) is 0.538. The Bertz CT molecular complexity index is 350. The lowest BCUT2D eigenvalue weighted by atomic mass is 10.2. The van der Waals surface area contributed by atoms with E-state index in [1.807, 2.05) is 7.05 Å². The van der Waals surface area contributed by atoms with E-state index in [9.17, 15) is 8.28 Å². The molecule has 5 heteroatoms. The molecule has 18 heavy (non-hydrogen) atoms. The van der Waals surface area contributed by atoms with Crippen LogP contribution < -0.4 is 10.1 Å². The molecule has 1 aromatic carbocycles. The number of nitrogens with one attached hydrogen (secondary N) is 1. The number of hydrogen-bond donors (Lipinski definition) is 1. The summed E-state index contributed by atoms with van der Waals surface area (Å²) < 4.78 is 30.8. The van der Waals surface area contributed by atoms with Crippen molar-refractivity contribution in [3.8, 4) is 5.75 Å². The van der Waals surface area contributed by atoms with Crippen LogP contribution in [0.15, 0.2) is 23.1 Å². The smallest absolute Gasteiger partial charge is 0.143 e. The molecular formula is C13H19F2NOS. The zero-order valence-corrected chi connectivity index (χ0v) is 11.4. The van der Waals surface area contributed by atoms with Crippen molar-refractivity contribution in [2.75, 3.05) is 20.2 Å². The maximum atomic E-state index is 13.2. The molecule has 0 saturated heterocycles. The third-order valence-corrected chi connectivity index (χ3v) is 3.07. The van der Waals surface area contributed by atoms with Crippen LogP contribution in [0.5, 0.6) is 5.75 Å². The minimum Gasteiger partial charge on any atom is -0.493 e. The Kier molecular flexibility index (Phi) is 7.76. The molecule has 0 aromatic heterocycles. The molecule has 0 bridgehead atoms. The third-order valence-electron chi connectivity index (χ3n) is 2.58. The van der Waals surface area contributed by atoms with Crippen molar-refractivity contribution in [3.05, 3.63) is 24.0 Å². The van der Waals surface area contributed by atoms with Gasteiger partial charge in [-0.3, -0.25) is 0 Å². The average molecular weight is 275 g/mol. The first-order chi connectivity index (χ1) is 8.77. The van der Waals surface area contributed by atoms with Gasteiger partial charge in [0.05, 0.1) is 23.7 Å². The van der Waals surface area contributed by atoms with E-state index in [1.165, 1.54) is 12.1 Å². The summed E-state index contributed by atoms with van der Waals surface area (Å²) in [7, 11) is 1.94. The molecule has 0 aliphatic carbocycles. The van der Waals surface area contributed by atoms with Gasteiger partial charge >= 0.3 is 0 Å². The Morgan fingerprint density at radius 1 is 1.22 bits per heavy atom. The van der Waals surface area contributed by atoms with E-state index in [-0.39, 0.29) is 17.0 Å². The molecule has 1 rings (SSSR count). The monoisotopic (exact) mass is 275 g/mol. The van der Waals surface area contributed by atoms with Gasteiger partial charge < -0.3 is 10.1 Å². The van der Waals surface area contributed by atoms with E-state index in [2.05, 4.69) is 5.32 Å². The lowest BCUT2D eigenvalue weighted by Crippen LogP contribution is -2.07. The zero-order valence-electron chi connectivity index (χ0n) is 10.5. The second-order valence-electron chi connectivity index (χ2n) is 4.04. The van der Waals surface area contributed by atoms with Gasteiger partial charge in [-0.1, -0.05) is 12.8 Å². The standard InChI is InChI=1S/C13H19F2NOS/c1-16-8-4-2-3-5-9-17-11-6-7-13(18-15)12(14)10-11/h6-7,10,16H,2-5,8-9H2,1H3. The number of ether oxygens (including phenoxy) is 1. The predicted molar refractivity (Wildman–Crippen MR) is 71.3 cm³/mol. The van der Waals surface area contributed by atoms with Crippen LogP contribution in [0.1, 0.15) is 25.7 Å². The van der Waals surface area contributed by atoms with Crippen molar-refractivity contribution in [3.63, 3.8) is 0 Å². The number of benzene rings is 1. The van der Waals surface area contributed by atoms with Gasteiger partial charge in [0.15, 0.2) is 0 Å². The molecule has 0 atom stereocenters. The highest BCUT2D eigenvalue weighted by Crippen LogP contribution is 2.25. The quantitative estimate of drug-likeness (QED) is 0.689. The van der Waals surface area contributed by atoms with Crippen molar-refractivity contribution in [1.82, 2.24) is 5.32 Å². The minimum atomic E-state index is -0.575. The first kappa shape index (κ1) is 15.2. The molecule has 0 saturated carbocycles. The summed E-state index contributed by atoms with van der Waals surface area (Å²) in [4.78, 5) is -0.00517. The van der Waals surface area contributed by atoms with Crippen molar-refractivity contribution in [2.45, 2.75) is 30.6 Å². The molecule has 0 radical (unpaired) electrons. The molecule has 0 aliphatic rings. The largest absolute Gasteiger partial charge is 0.493 e. The van der Waals surface area contributed by atoms with Crippen LogP contribution in [0.3, 0.4) is 0 Å². The highest BCUT2D eigenvalue weighted by Gasteiger charge is 2.04. The van der Waals surface area contributed by atoms with Gasteiger partial charge in [0.25, 0.3) is 0 Å². The first-order valence-corrected chi connectivity index (χ1v) is 6.85. The second-order valence-corrected chi connectivity index (χ2v) is 4.63. The maximum absolute atomic E-state index is 13.2. The van der Waals surface area contributed by atoms with Gasteiger partial charge in [0, 0.05) is 6.07 Å². The van der Waals surface area contributed by atoms with E-state index in [0.717, 1.165) is 32.2 Å². The fourth-order valence-electron chi connectivity index (χ4n) is 1.58. The van der Waals surface area contributed by atoms with Gasteiger partial charge in [-0.15, -0.1) is 0 Å². The molecule has 0 heterocycles. The van der Waals surface area contributed by atoms with Gasteiger partial charge in [-0.2, -0.15) is 3.89 Å². The Labute approximate surface area is 111 Å². The first-order valence-electron chi connectivity index (χ1n) is 6.13. The van der Waals surface area contributed by atoms with Crippen molar-refractivity contribution >= 4 is 12.1 Å². The molecule has 102 valence electrons. The highest BCUT2D eigenvalue weighted by molar-refractivity contribution is 7.94. The lowest BCUT2D eigenvalue weighted by molar-refractivity contribution is 0.302. The van der Waals surface area contributed by atoms with E-state index < -0.39 is 5.82 Å². The topological polar surface area (TPSA) is 21.3 Å². The zero-order chi connectivity index (χ0) is 13.2. The Morgan fingerprint density at radius 2 is 2.00 bits per heavy atom. The summed E-state index contributed by atoms with van der Waals surface area (Å²) in [5.41, 5.74) is 0. The van der Waals surface area contributed by atoms with Crippen LogP contribution in [0.2, 0.25) is 0 Å². The normalized spacial score (nSPS) is 10.6. The SMILES string of the molecule is CNCCCCCCOc1ccc(SF)c(F)c1. The third kappa shape index (κ3) is 5.69. The molecule has 1 N–H and O–H groups in total. The summed E-state index contributed by atoms with van der Waals surface area (Å²) >= 11 is -0.0928. The highest BCUT2D eigenvalue weighted by atomic mass is 32.2. The Balaban J connectivity index is 2.17. The molecule has 0 amide bonds. The second kappa shape index (κ2) is 9.16. The lowest BCUT2D eigenvalue weighted by Gasteiger charge is -2.07. The van der Waals surface area contributed by atoms with Gasteiger partial charge in [0.2, 0.25) is 0 Å². The summed E-state index contributed by atoms with van der Waals surface area (Å²) in [5, 5.41) is 3.10. The molecule has 0 spiro atoms. The predicted octanol–water partition coefficient (Wildman–Crippen LogP) is 3.96. The van der Waals surface area contributed by atoms with Crippen LogP contribution in [-0.2, 0) is 0 Å². The van der Waals surface area contributed by atoms with E-state index in [4.69, 9.17) is 4.74 Å². The van der Waals surface area contributed by atoms with Crippen LogP contribution in [0.4, 0.5) is 8.28 Å². The summed E-state index contributed by atoms with van der Waals surface area (Å²) in [6.07, 6.45) is 4.37. The van der Waals surface area contributed by atoms with Crippen molar-refractivity contribution < 1.29 is 13.0 Å². The molecular weight excluding hydrogens is 256 g/mol.